The molecule has 6 nitrogen and oxygen atoms in total. The third-order valence-corrected chi connectivity index (χ3v) is 3.03. The Morgan fingerprint density at radius 3 is 2.05 bits per heavy atom. The molecule has 118 valence electrons. The van der Waals surface area contributed by atoms with Crippen LogP contribution in [0.3, 0.4) is 0 Å². The van der Waals surface area contributed by atoms with E-state index in [1.807, 2.05) is 6.92 Å². The molecule has 0 radical (unpaired) electrons. The standard InChI is InChI=1S/C15H23NO5/c1-10(9-15(2,16)14(17)20-5)21-13-7-11(18-3)6-12(8-13)19-4/h6-8,10H,9,16H2,1-5H3. The van der Waals surface area contributed by atoms with E-state index in [-0.39, 0.29) is 6.10 Å². The largest absolute Gasteiger partial charge is 0.496 e. The average Bonchev–Trinajstić information content (AvgIpc) is 2.44. The Morgan fingerprint density at radius 1 is 1.14 bits per heavy atom. The minimum Gasteiger partial charge on any atom is -0.496 e. The van der Waals surface area contributed by atoms with Gasteiger partial charge in [0.2, 0.25) is 0 Å². The van der Waals surface area contributed by atoms with Crippen molar-refractivity contribution in [3.63, 3.8) is 0 Å². The van der Waals surface area contributed by atoms with E-state index in [2.05, 4.69) is 4.74 Å². The molecule has 6 heteroatoms. The van der Waals surface area contributed by atoms with Crippen molar-refractivity contribution in [2.75, 3.05) is 21.3 Å². The summed E-state index contributed by atoms with van der Waals surface area (Å²) in [5.41, 5.74) is 4.83. The van der Waals surface area contributed by atoms with Crippen LogP contribution in [-0.2, 0) is 9.53 Å². The molecule has 1 rings (SSSR count). The Bertz CT molecular complexity index is 465. The third kappa shape index (κ3) is 4.82. The molecule has 1 aromatic carbocycles. The maximum Gasteiger partial charge on any atom is 0.325 e. The van der Waals surface area contributed by atoms with Crippen LogP contribution in [-0.4, -0.2) is 38.9 Å². The molecule has 0 fully saturated rings. The Kier molecular flexibility index (Phi) is 5.84. The average molecular weight is 297 g/mol. The zero-order valence-corrected chi connectivity index (χ0v) is 13.1. The van der Waals surface area contributed by atoms with E-state index < -0.39 is 11.5 Å². The monoisotopic (exact) mass is 297 g/mol. The van der Waals surface area contributed by atoms with E-state index in [0.29, 0.717) is 23.7 Å². The van der Waals surface area contributed by atoms with Crippen LogP contribution in [0, 0.1) is 0 Å². The minimum absolute atomic E-state index is 0.282. The fraction of sp³-hybridized carbons (Fsp3) is 0.533. The van der Waals surface area contributed by atoms with Gasteiger partial charge in [0.05, 0.1) is 27.4 Å². The van der Waals surface area contributed by atoms with Gasteiger partial charge < -0.3 is 24.7 Å². The Morgan fingerprint density at radius 2 is 1.62 bits per heavy atom. The Hall–Kier alpha value is -1.95. The number of esters is 1. The van der Waals surface area contributed by atoms with Gasteiger partial charge >= 0.3 is 5.97 Å². The molecule has 2 N–H and O–H groups in total. The molecular formula is C15H23NO5. The van der Waals surface area contributed by atoms with Crippen LogP contribution in [0.1, 0.15) is 20.3 Å². The van der Waals surface area contributed by atoms with Crippen molar-refractivity contribution in [2.24, 2.45) is 5.73 Å². The lowest BCUT2D eigenvalue weighted by Crippen LogP contribution is -2.48. The van der Waals surface area contributed by atoms with Gasteiger partial charge in [-0.2, -0.15) is 0 Å². The molecule has 1 aromatic rings. The lowest BCUT2D eigenvalue weighted by Gasteiger charge is -2.25. The van der Waals surface area contributed by atoms with Gasteiger partial charge in [-0.3, -0.25) is 4.79 Å². The van der Waals surface area contributed by atoms with E-state index >= 15 is 0 Å². The predicted molar refractivity (Wildman–Crippen MR) is 78.9 cm³/mol. The quantitative estimate of drug-likeness (QED) is 0.772. The normalized spacial score (nSPS) is 14.8. The first-order valence-corrected chi connectivity index (χ1v) is 6.59. The summed E-state index contributed by atoms with van der Waals surface area (Å²) in [6.07, 6.45) is 0.0371. The zero-order valence-electron chi connectivity index (χ0n) is 13.1. The van der Waals surface area contributed by atoms with E-state index in [1.54, 1.807) is 39.3 Å². The second kappa shape index (κ2) is 7.17. The first-order chi connectivity index (χ1) is 9.82. The number of nitrogens with two attached hydrogens (primary N) is 1. The lowest BCUT2D eigenvalue weighted by atomic mass is 9.96. The van der Waals surface area contributed by atoms with Crippen molar-refractivity contribution in [2.45, 2.75) is 31.9 Å². The van der Waals surface area contributed by atoms with E-state index in [9.17, 15) is 4.79 Å². The van der Waals surface area contributed by atoms with Crippen LogP contribution in [0.15, 0.2) is 18.2 Å². The number of carbonyl (C=O) groups is 1. The summed E-state index contributed by atoms with van der Waals surface area (Å²) in [6, 6.07) is 5.23. The molecule has 0 aliphatic carbocycles. The number of rotatable bonds is 7. The highest BCUT2D eigenvalue weighted by molar-refractivity contribution is 5.79. The second-order valence-corrected chi connectivity index (χ2v) is 5.09. The van der Waals surface area contributed by atoms with Crippen molar-refractivity contribution in [3.8, 4) is 17.2 Å². The third-order valence-electron chi connectivity index (χ3n) is 3.03. The molecule has 0 aliphatic heterocycles. The summed E-state index contributed by atoms with van der Waals surface area (Å²) in [5.74, 6) is 1.36. The number of hydrogen-bond acceptors (Lipinski definition) is 6. The molecule has 0 aliphatic rings. The predicted octanol–water partition coefficient (Wildman–Crippen LogP) is 1.75. The molecule has 2 atom stereocenters. The molecule has 2 unspecified atom stereocenters. The van der Waals surface area contributed by atoms with Crippen LogP contribution < -0.4 is 19.9 Å². The highest BCUT2D eigenvalue weighted by atomic mass is 16.5. The molecule has 0 spiro atoms. The molecule has 0 saturated heterocycles. The maximum atomic E-state index is 11.6. The highest BCUT2D eigenvalue weighted by Gasteiger charge is 2.32. The van der Waals surface area contributed by atoms with Crippen molar-refractivity contribution < 1.29 is 23.7 Å². The SMILES string of the molecule is COC(=O)C(C)(N)CC(C)Oc1cc(OC)cc(OC)c1. The molecular weight excluding hydrogens is 274 g/mol. The van der Waals surface area contributed by atoms with Crippen LogP contribution in [0.5, 0.6) is 17.2 Å². The first-order valence-electron chi connectivity index (χ1n) is 6.59. The van der Waals surface area contributed by atoms with E-state index in [1.165, 1.54) is 7.11 Å². The van der Waals surface area contributed by atoms with Crippen molar-refractivity contribution >= 4 is 5.97 Å². The van der Waals surface area contributed by atoms with Gasteiger partial charge in [0.1, 0.15) is 22.8 Å². The Labute approximate surface area is 125 Å². The maximum absolute atomic E-state index is 11.6. The highest BCUT2D eigenvalue weighted by Crippen LogP contribution is 2.28. The number of carbonyl (C=O) groups excluding carboxylic acids is 1. The van der Waals surface area contributed by atoms with Gasteiger partial charge in [-0.05, 0) is 13.8 Å². The van der Waals surface area contributed by atoms with Gasteiger partial charge in [-0.1, -0.05) is 0 Å². The van der Waals surface area contributed by atoms with Gasteiger partial charge in [-0.15, -0.1) is 0 Å². The Balaban J connectivity index is 2.79. The molecule has 21 heavy (non-hydrogen) atoms. The summed E-state index contributed by atoms with van der Waals surface area (Å²) in [7, 11) is 4.44. The number of ether oxygens (including phenoxy) is 4. The molecule has 0 heterocycles. The van der Waals surface area contributed by atoms with E-state index in [0.717, 1.165) is 0 Å². The smallest absolute Gasteiger partial charge is 0.325 e. The van der Waals surface area contributed by atoms with Gasteiger partial charge in [0.15, 0.2) is 0 Å². The summed E-state index contributed by atoms with van der Waals surface area (Å²) >= 11 is 0. The number of methoxy groups -OCH3 is 3. The number of benzene rings is 1. The second-order valence-electron chi connectivity index (χ2n) is 5.09. The van der Waals surface area contributed by atoms with Crippen molar-refractivity contribution in [3.05, 3.63) is 18.2 Å². The van der Waals surface area contributed by atoms with Crippen LogP contribution in [0.4, 0.5) is 0 Å². The summed E-state index contributed by atoms with van der Waals surface area (Å²) < 4.78 is 20.8. The van der Waals surface area contributed by atoms with Gasteiger partial charge in [-0.25, -0.2) is 0 Å². The van der Waals surface area contributed by atoms with Gasteiger partial charge in [0, 0.05) is 24.6 Å². The molecule has 0 amide bonds. The fourth-order valence-electron chi connectivity index (χ4n) is 2.04. The first kappa shape index (κ1) is 17.1. The summed E-state index contributed by atoms with van der Waals surface area (Å²) in [5, 5.41) is 0. The fourth-order valence-corrected chi connectivity index (χ4v) is 2.04. The van der Waals surface area contributed by atoms with Gasteiger partial charge in [0.25, 0.3) is 0 Å². The van der Waals surface area contributed by atoms with Crippen LogP contribution in [0.25, 0.3) is 0 Å². The van der Waals surface area contributed by atoms with Crippen molar-refractivity contribution in [1.82, 2.24) is 0 Å². The zero-order chi connectivity index (χ0) is 16.0. The molecule has 0 saturated carbocycles. The minimum atomic E-state index is -1.10. The van der Waals surface area contributed by atoms with Crippen molar-refractivity contribution in [1.29, 1.82) is 0 Å². The summed E-state index contributed by atoms with van der Waals surface area (Å²) in [6.45, 7) is 3.45. The lowest BCUT2D eigenvalue weighted by molar-refractivity contribution is -0.147. The summed E-state index contributed by atoms with van der Waals surface area (Å²) in [4.78, 5) is 11.6. The van der Waals surface area contributed by atoms with Crippen LogP contribution in [0.2, 0.25) is 0 Å². The molecule has 0 bridgehead atoms. The topological polar surface area (TPSA) is 80.0 Å². The molecule has 0 aromatic heterocycles. The van der Waals surface area contributed by atoms with Crippen LogP contribution >= 0.6 is 0 Å². The number of hydrogen-bond donors (Lipinski definition) is 1. The van der Waals surface area contributed by atoms with E-state index in [4.69, 9.17) is 19.9 Å².